The second-order valence-electron chi connectivity index (χ2n) is 11.4. The average molecular weight is 456 g/mol. The second kappa shape index (κ2) is 12.1. The van der Waals surface area contributed by atoms with Gasteiger partial charge >= 0.3 is 0 Å². The van der Waals surface area contributed by atoms with E-state index in [1.54, 1.807) is 0 Å². The van der Waals surface area contributed by atoms with Gasteiger partial charge in [-0.2, -0.15) is 5.26 Å². The van der Waals surface area contributed by atoms with E-state index in [0.29, 0.717) is 5.92 Å². The van der Waals surface area contributed by atoms with Crippen molar-refractivity contribution in [3.05, 3.63) is 59.7 Å². The lowest BCUT2D eigenvalue weighted by molar-refractivity contribution is 0.223. The Morgan fingerprint density at radius 1 is 0.706 bits per heavy atom. The number of benzene rings is 2. The number of nitriles is 1. The number of rotatable bonds is 9. The lowest BCUT2D eigenvalue weighted by Gasteiger charge is -2.35. The molecule has 2 fully saturated rings. The highest BCUT2D eigenvalue weighted by molar-refractivity contribution is 5.64. The Labute approximate surface area is 209 Å². The van der Waals surface area contributed by atoms with Gasteiger partial charge in [-0.25, -0.2) is 0 Å². The van der Waals surface area contributed by atoms with E-state index in [1.807, 2.05) is 0 Å². The van der Waals surface area contributed by atoms with E-state index in [9.17, 15) is 5.26 Å². The van der Waals surface area contributed by atoms with Crippen LogP contribution in [0.15, 0.2) is 48.5 Å². The van der Waals surface area contributed by atoms with Crippen LogP contribution in [-0.2, 0) is 0 Å². The zero-order valence-corrected chi connectivity index (χ0v) is 21.7. The predicted octanol–water partition coefficient (Wildman–Crippen LogP) is 10.2. The zero-order chi connectivity index (χ0) is 23.8. The molecule has 2 aromatic carbocycles. The summed E-state index contributed by atoms with van der Waals surface area (Å²) >= 11 is 0. The van der Waals surface area contributed by atoms with E-state index in [-0.39, 0.29) is 5.41 Å². The van der Waals surface area contributed by atoms with Crippen molar-refractivity contribution in [3.8, 4) is 17.2 Å². The molecule has 0 radical (unpaired) electrons. The molecular formula is C33H45N. The number of nitrogens with zero attached hydrogens (tertiary/aromatic N) is 1. The van der Waals surface area contributed by atoms with Gasteiger partial charge in [0.25, 0.3) is 0 Å². The van der Waals surface area contributed by atoms with E-state index in [1.165, 1.54) is 80.0 Å². The third-order valence-corrected chi connectivity index (χ3v) is 9.08. The summed E-state index contributed by atoms with van der Waals surface area (Å²) in [6.07, 6.45) is 17.6. The Bertz CT molecular complexity index is 901. The van der Waals surface area contributed by atoms with Gasteiger partial charge in [-0.3, -0.25) is 0 Å². The molecule has 0 heterocycles. The summed E-state index contributed by atoms with van der Waals surface area (Å²) in [7, 11) is 0. The quantitative estimate of drug-likeness (QED) is 0.345. The molecule has 0 spiro atoms. The Morgan fingerprint density at radius 2 is 1.24 bits per heavy atom. The first-order chi connectivity index (χ1) is 16.7. The van der Waals surface area contributed by atoms with Gasteiger partial charge in [0.2, 0.25) is 0 Å². The summed E-state index contributed by atoms with van der Waals surface area (Å²) in [5.74, 6) is 2.35. The molecule has 0 aliphatic heterocycles. The lowest BCUT2D eigenvalue weighted by Crippen LogP contribution is -2.25. The molecule has 1 nitrogen and oxygen atoms in total. The predicted molar refractivity (Wildman–Crippen MR) is 145 cm³/mol. The van der Waals surface area contributed by atoms with Crippen LogP contribution in [0.4, 0.5) is 0 Å². The van der Waals surface area contributed by atoms with E-state index >= 15 is 0 Å². The van der Waals surface area contributed by atoms with Gasteiger partial charge in [-0.15, -0.1) is 0 Å². The zero-order valence-electron chi connectivity index (χ0n) is 21.7. The topological polar surface area (TPSA) is 23.8 Å². The van der Waals surface area contributed by atoms with E-state index in [0.717, 1.165) is 43.9 Å². The molecule has 0 unspecified atom stereocenters. The van der Waals surface area contributed by atoms with Crippen molar-refractivity contribution in [3.63, 3.8) is 0 Å². The smallest absolute Gasteiger partial charge is 0.0689 e. The molecule has 2 aromatic rings. The molecule has 0 atom stereocenters. The molecule has 182 valence electrons. The minimum atomic E-state index is -0.0530. The summed E-state index contributed by atoms with van der Waals surface area (Å²) in [4.78, 5) is 0. The van der Waals surface area contributed by atoms with Crippen LogP contribution in [0.3, 0.4) is 0 Å². The molecule has 2 aliphatic carbocycles. The maximum atomic E-state index is 9.85. The molecule has 4 rings (SSSR count). The SMILES string of the molecule is CCCCC[C@]1(C#N)CC[C@H](c2ccc(-c3ccc([C@H]4CC[C@H](CCC)CC4)cc3)cc2)CC1. The number of hydrogen-bond donors (Lipinski definition) is 0. The van der Waals surface area contributed by atoms with Crippen molar-refractivity contribution in [1.82, 2.24) is 0 Å². The van der Waals surface area contributed by atoms with Gasteiger partial charge in [-0.05, 0) is 97.8 Å². The van der Waals surface area contributed by atoms with E-state index in [4.69, 9.17) is 0 Å². The van der Waals surface area contributed by atoms with Crippen LogP contribution in [0.25, 0.3) is 11.1 Å². The Morgan fingerprint density at radius 3 is 1.71 bits per heavy atom. The summed E-state index contributed by atoms with van der Waals surface area (Å²) in [5, 5.41) is 9.85. The molecule has 0 bridgehead atoms. The molecule has 34 heavy (non-hydrogen) atoms. The highest BCUT2D eigenvalue weighted by Crippen LogP contribution is 2.46. The standard InChI is InChI=1S/C33H45N/c1-3-5-6-22-33(25-34)23-20-32(21-24-33)31-18-16-30(17-19-31)29-14-12-28(13-15-29)27-10-8-26(7-4-2)9-11-27/h12-19,26-27,32H,3-11,20-24H2,1-2H3/t26-,27-,32-,33-. The van der Waals surface area contributed by atoms with Crippen LogP contribution in [0.5, 0.6) is 0 Å². The fraction of sp³-hybridized carbons (Fsp3) is 0.606. The third kappa shape index (κ3) is 6.13. The van der Waals surface area contributed by atoms with Crippen LogP contribution in [0.2, 0.25) is 0 Å². The largest absolute Gasteiger partial charge is 0.198 e. The summed E-state index contributed by atoms with van der Waals surface area (Å²) in [6.45, 7) is 4.56. The van der Waals surface area contributed by atoms with Gasteiger partial charge in [0.15, 0.2) is 0 Å². The first-order valence-electron chi connectivity index (χ1n) is 14.3. The van der Waals surface area contributed by atoms with Crippen molar-refractivity contribution in [1.29, 1.82) is 5.26 Å². The monoisotopic (exact) mass is 455 g/mol. The molecule has 0 amide bonds. The maximum Gasteiger partial charge on any atom is 0.0689 e. The summed E-state index contributed by atoms with van der Waals surface area (Å²) in [5.41, 5.74) is 5.60. The Balaban J connectivity index is 1.32. The third-order valence-electron chi connectivity index (χ3n) is 9.08. The van der Waals surface area contributed by atoms with Crippen LogP contribution in [-0.4, -0.2) is 0 Å². The highest BCUT2D eigenvalue weighted by Gasteiger charge is 2.35. The van der Waals surface area contributed by atoms with Crippen molar-refractivity contribution in [2.45, 2.75) is 116 Å². The van der Waals surface area contributed by atoms with Gasteiger partial charge < -0.3 is 0 Å². The molecular weight excluding hydrogens is 410 g/mol. The maximum absolute atomic E-state index is 9.85. The van der Waals surface area contributed by atoms with Crippen molar-refractivity contribution in [2.24, 2.45) is 11.3 Å². The first-order valence-corrected chi connectivity index (χ1v) is 14.3. The minimum Gasteiger partial charge on any atom is -0.198 e. The lowest BCUT2D eigenvalue weighted by atomic mass is 9.67. The van der Waals surface area contributed by atoms with Crippen LogP contribution < -0.4 is 0 Å². The molecule has 2 saturated carbocycles. The van der Waals surface area contributed by atoms with Crippen molar-refractivity contribution < 1.29 is 0 Å². The van der Waals surface area contributed by atoms with Crippen LogP contribution >= 0.6 is 0 Å². The van der Waals surface area contributed by atoms with Gasteiger partial charge in [0.05, 0.1) is 11.5 Å². The van der Waals surface area contributed by atoms with Crippen molar-refractivity contribution >= 4 is 0 Å². The van der Waals surface area contributed by atoms with Gasteiger partial charge in [0.1, 0.15) is 0 Å². The van der Waals surface area contributed by atoms with E-state index in [2.05, 4.69) is 68.4 Å². The number of unbranched alkanes of at least 4 members (excludes halogenated alkanes) is 2. The highest BCUT2D eigenvalue weighted by atomic mass is 14.4. The first kappa shape index (κ1) is 25.0. The van der Waals surface area contributed by atoms with Gasteiger partial charge in [0, 0.05) is 0 Å². The van der Waals surface area contributed by atoms with Crippen molar-refractivity contribution in [2.75, 3.05) is 0 Å². The normalized spacial score (nSPS) is 27.3. The average Bonchev–Trinajstić information content (AvgIpc) is 2.90. The fourth-order valence-corrected chi connectivity index (χ4v) is 6.72. The minimum absolute atomic E-state index is 0.0530. The number of hydrogen-bond acceptors (Lipinski definition) is 1. The molecule has 1 heteroatoms. The van der Waals surface area contributed by atoms with Gasteiger partial charge in [-0.1, -0.05) is 94.5 Å². The fourth-order valence-electron chi connectivity index (χ4n) is 6.72. The van der Waals surface area contributed by atoms with Crippen LogP contribution in [0.1, 0.15) is 127 Å². The van der Waals surface area contributed by atoms with E-state index < -0.39 is 0 Å². The Hall–Kier alpha value is -2.07. The molecule has 0 aromatic heterocycles. The second-order valence-corrected chi connectivity index (χ2v) is 11.4. The molecule has 0 N–H and O–H groups in total. The van der Waals surface area contributed by atoms with Crippen LogP contribution in [0, 0.1) is 22.7 Å². The molecule has 0 saturated heterocycles. The Kier molecular flexibility index (Phi) is 8.88. The summed E-state index contributed by atoms with van der Waals surface area (Å²) in [6, 6.07) is 21.5. The molecule has 2 aliphatic rings. The summed E-state index contributed by atoms with van der Waals surface area (Å²) < 4.78 is 0.